The number of carbonyl (C=O) groups is 2. The first-order valence-electron chi connectivity index (χ1n) is 12.7. The summed E-state index contributed by atoms with van der Waals surface area (Å²) in [5.41, 5.74) is 4.82. The lowest BCUT2D eigenvalue weighted by Gasteiger charge is -2.34. The van der Waals surface area contributed by atoms with E-state index in [9.17, 15) is 9.59 Å². The predicted molar refractivity (Wildman–Crippen MR) is 151 cm³/mol. The van der Waals surface area contributed by atoms with Crippen LogP contribution in [0.3, 0.4) is 0 Å². The van der Waals surface area contributed by atoms with E-state index in [2.05, 4.69) is 15.6 Å². The second-order valence-electron chi connectivity index (χ2n) is 10.9. The van der Waals surface area contributed by atoms with Crippen molar-refractivity contribution in [1.82, 2.24) is 25.2 Å². The Labute approximate surface area is 224 Å². The molecule has 0 aliphatic carbocycles. The molecule has 1 aromatic heterocycles. The number of anilines is 1. The first kappa shape index (κ1) is 26.9. The predicted octanol–water partition coefficient (Wildman–Crippen LogP) is 4.49. The number of aromatic nitrogens is 3. The van der Waals surface area contributed by atoms with Gasteiger partial charge < -0.3 is 15.1 Å². The van der Waals surface area contributed by atoms with E-state index >= 15 is 0 Å². The second kappa shape index (κ2) is 11.0. The number of fused-ring (bicyclic) bond motifs is 1. The van der Waals surface area contributed by atoms with E-state index in [0.29, 0.717) is 5.52 Å². The fourth-order valence-electron chi connectivity index (χ4n) is 4.33. The van der Waals surface area contributed by atoms with E-state index < -0.39 is 11.6 Å². The third-order valence-corrected chi connectivity index (χ3v) is 6.28. The maximum Gasteiger partial charge on any atom is 0.247 e. The van der Waals surface area contributed by atoms with Gasteiger partial charge in [0.25, 0.3) is 0 Å². The van der Waals surface area contributed by atoms with Crippen LogP contribution in [0.25, 0.3) is 11.0 Å². The standard InChI is InChI=1S/C30H36N6O2/c1-21-11-13-22(14-12-21)19-35(27(37)20-36-26-10-8-7-9-25(26)32-33-36)28(29(38)31-30(2,3)4)23-15-17-24(18-16-23)34(5)6/h7-18,28H,19-20H2,1-6H3,(H,31,38). The monoisotopic (exact) mass is 512 g/mol. The Bertz CT molecular complexity index is 1400. The maximum atomic E-state index is 14.0. The summed E-state index contributed by atoms with van der Waals surface area (Å²) in [6, 6.07) is 22.5. The van der Waals surface area contributed by atoms with Crippen LogP contribution in [-0.4, -0.2) is 51.3 Å². The minimum atomic E-state index is -0.839. The Morgan fingerprint density at radius 3 is 2.24 bits per heavy atom. The Morgan fingerprint density at radius 2 is 1.61 bits per heavy atom. The Hall–Kier alpha value is -4.20. The van der Waals surface area contributed by atoms with Crippen molar-refractivity contribution in [1.29, 1.82) is 0 Å². The summed E-state index contributed by atoms with van der Waals surface area (Å²) in [6.45, 7) is 8.06. The summed E-state index contributed by atoms with van der Waals surface area (Å²) in [5, 5.41) is 11.5. The summed E-state index contributed by atoms with van der Waals surface area (Å²) >= 11 is 0. The van der Waals surface area contributed by atoms with Crippen LogP contribution in [0.2, 0.25) is 0 Å². The first-order chi connectivity index (χ1) is 18.0. The number of hydrogen-bond acceptors (Lipinski definition) is 5. The van der Waals surface area contributed by atoms with Crippen LogP contribution in [0, 0.1) is 6.92 Å². The number of para-hydroxylation sites is 1. The lowest BCUT2D eigenvalue weighted by molar-refractivity contribution is -0.142. The number of nitrogens with zero attached hydrogens (tertiary/aromatic N) is 5. The molecule has 1 unspecified atom stereocenters. The van der Waals surface area contributed by atoms with Crippen molar-refractivity contribution in [2.75, 3.05) is 19.0 Å². The van der Waals surface area contributed by atoms with E-state index in [4.69, 9.17) is 0 Å². The zero-order chi connectivity index (χ0) is 27.4. The maximum absolute atomic E-state index is 14.0. The minimum absolute atomic E-state index is 0.0402. The summed E-state index contributed by atoms with van der Waals surface area (Å²) in [4.78, 5) is 31.5. The van der Waals surface area contributed by atoms with Crippen molar-refractivity contribution >= 4 is 28.5 Å². The van der Waals surface area contributed by atoms with Gasteiger partial charge in [0.2, 0.25) is 11.8 Å². The molecule has 0 bridgehead atoms. The van der Waals surface area contributed by atoms with E-state index in [0.717, 1.165) is 27.9 Å². The van der Waals surface area contributed by atoms with Gasteiger partial charge in [-0.25, -0.2) is 4.68 Å². The molecule has 1 atom stereocenters. The Kier molecular flexibility index (Phi) is 7.80. The molecule has 8 nitrogen and oxygen atoms in total. The molecule has 2 amide bonds. The molecule has 0 radical (unpaired) electrons. The summed E-state index contributed by atoms with van der Waals surface area (Å²) in [7, 11) is 3.93. The average Bonchev–Trinajstić information content (AvgIpc) is 3.27. The Balaban J connectivity index is 1.77. The molecule has 4 rings (SSSR count). The topological polar surface area (TPSA) is 83.4 Å². The van der Waals surface area contributed by atoms with Crippen LogP contribution >= 0.6 is 0 Å². The van der Waals surface area contributed by atoms with Crippen molar-refractivity contribution in [3.05, 3.63) is 89.5 Å². The highest BCUT2D eigenvalue weighted by atomic mass is 16.2. The molecule has 0 fully saturated rings. The largest absolute Gasteiger partial charge is 0.378 e. The molecule has 0 spiro atoms. The van der Waals surface area contributed by atoms with Crippen LogP contribution in [0.5, 0.6) is 0 Å². The van der Waals surface area contributed by atoms with Crippen LogP contribution in [0.15, 0.2) is 72.8 Å². The highest BCUT2D eigenvalue weighted by molar-refractivity contribution is 5.89. The van der Waals surface area contributed by atoms with Gasteiger partial charge in [-0.05, 0) is 63.1 Å². The van der Waals surface area contributed by atoms with Crippen LogP contribution in [0.1, 0.15) is 43.5 Å². The third kappa shape index (κ3) is 6.37. The van der Waals surface area contributed by atoms with Crippen molar-refractivity contribution in [2.24, 2.45) is 0 Å². The van der Waals surface area contributed by atoms with Gasteiger partial charge in [0.1, 0.15) is 18.1 Å². The quantitative estimate of drug-likeness (QED) is 0.376. The number of hydrogen-bond donors (Lipinski definition) is 1. The number of carbonyl (C=O) groups excluding carboxylic acids is 2. The summed E-state index contributed by atoms with van der Waals surface area (Å²) in [6.07, 6.45) is 0. The normalized spacial score (nSPS) is 12.3. The average molecular weight is 513 g/mol. The molecule has 198 valence electrons. The van der Waals surface area contributed by atoms with Gasteiger partial charge in [-0.3, -0.25) is 9.59 Å². The van der Waals surface area contributed by atoms with Gasteiger partial charge in [-0.15, -0.1) is 5.10 Å². The van der Waals surface area contributed by atoms with E-state index in [1.165, 1.54) is 0 Å². The van der Waals surface area contributed by atoms with Gasteiger partial charge in [-0.2, -0.15) is 0 Å². The minimum Gasteiger partial charge on any atom is -0.378 e. The molecule has 0 aliphatic rings. The second-order valence-corrected chi connectivity index (χ2v) is 10.9. The van der Waals surface area contributed by atoms with Gasteiger partial charge in [0, 0.05) is 31.9 Å². The highest BCUT2D eigenvalue weighted by Gasteiger charge is 2.34. The Morgan fingerprint density at radius 1 is 0.947 bits per heavy atom. The SMILES string of the molecule is Cc1ccc(CN(C(=O)Cn2nnc3ccccc32)C(C(=O)NC(C)(C)C)c2ccc(N(C)C)cc2)cc1. The van der Waals surface area contributed by atoms with Crippen LogP contribution in [-0.2, 0) is 22.7 Å². The number of benzene rings is 3. The summed E-state index contributed by atoms with van der Waals surface area (Å²) < 4.78 is 1.59. The molecule has 38 heavy (non-hydrogen) atoms. The van der Waals surface area contributed by atoms with Crippen molar-refractivity contribution < 1.29 is 9.59 Å². The van der Waals surface area contributed by atoms with Gasteiger partial charge in [0.15, 0.2) is 0 Å². The molecular weight excluding hydrogens is 476 g/mol. The highest BCUT2D eigenvalue weighted by Crippen LogP contribution is 2.27. The van der Waals surface area contributed by atoms with Gasteiger partial charge in [0.05, 0.1) is 5.52 Å². The third-order valence-electron chi connectivity index (χ3n) is 6.28. The molecule has 1 N–H and O–H groups in total. The summed E-state index contributed by atoms with van der Waals surface area (Å²) in [5.74, 6) is -0.467. The number of nitrogens with one attached hydrogen (secondary N) is 1. The zero-order valence-corrected chi connectivity index (χ0v) is 23.0. The van der Waals surface area contributed by atoms with Crippen LogP contribution in [0.4, 0.5) is 5.69 Å². The zero-order valence-electron chi connectivity index (χ0n) is 23.0. The number of amides is 2. The lowest BCUT2D eigenvalue weighted by Crippen LogP contribution is -2.49. The molecular formula is C30H36N6O2. The molecule has 3 aromatic carbocycles. The molecule has 8 heteroatoms. The fraction of sp³-hybridized carbons (Fsp3) is 0.333. The fourth-order valence-corrected chi connectivity index (χ4v) is 4.33. The van der Waals surface area contributed by atoms with Crippen molar-refractivity contribution in [3.63, 3.8) is 0 Å². The van der Waals surface area contributed by atoms with Gasteiger partial charge in [-0.1, -0.05) is 59.3 Å². The van der Waals surface area contributed by atoms with E-state index in [-0.39, 0.29) is 24.9 Å². The molecule has 0 saturated heterocycles. The van der Waals surface area contributed by atoms with Gasteiger partial charge >= 0.3 is 0 Å². The van der Waals surface area contributed by atoms with Crippen LogP contribution < -0.4 is 10.2 Å². The van der Waals surface area contributed by atoms with Crippen molar-refractivity contribution in [2.45, 2.75) is 52.4 Å². The molecule has 0 aliphatic heterocycles. The molecule has 4 aromatic rings. The van der Waals surface area contributed by atoms with E-state index in [1.807, 2.05) is 119 Å². The number of aryl methyl sites for hydroxylation is 1. The van der Waals surface area contributed by atoms with E-state index in [1.54, 1.807) is 9.58 Å². The first-order valence-corrected chi connectivity index (χ1v) is 12.7. The smallest absolute Gasteiger partial charge is 0.247 e. The molecule has 0 saturated carbocycles. The number of rotatable bonds is 8. The van der Waals surface area contributed by atoms with Crippen molar-refractivity contribution in [3.8, 4) is 0 Å². The molecule has 1 heterocycles. The lowest BCUT2D eigenvalue weighted by atomic mass is 10.00.